The Bertz CT molecular complexity index is 2450. The quantitative estimate of drug-likeness (QED) is 0.128. The zero-order chi connectivity index (χ0) is 44.7. The average molecular weight is 855 g/mol. The maximum Gasteiger partial charge on any atom is 0.330 e. The number of methoxy groups -OCH3 is 2. The third-order valence-corrected chi connectivity index (χ3v) is 10.1. The summed E-state index contributed by atoms with van der Waals surface area (Å²) in [6, 6.07) is 22.1. The lowest BCUT2D eigenvalue weighted by Gasteiger charge is -2.25. The van der Waals surface area contributed by atoms with Gasteiger partial charge in [0.15, 0.2) is 0 Å². The van der Waals surface area contributed by atoms with Crippen LogP contribution in [0.1, 0.15) is 11.1 Å². The van der Waals surface area contributed by atoms with Crippen molar-refractivity contribution in [2.75, 3.05) is 38.1 Å². The van der Waals surface area contributed by atoms with Crippen molar-refractivity contribution in [2.24, 2.45) is 0 Å². The third-order valence-electron chi connectivity index (χ3n) is 10.1. The topological polar surface area (TPSA) is 144 Å². The first-order valence-electron chi connectivity index (χ1n) is 19.1. The summed E-state index contributed by atoms with van der Waals surface area (Å²) in [6.07, 6.45) is -0.626. The van der Waals surface area contributed by atoms with Gasteiger partial charge in [0.1, 0.15) is 59.9 Å². The van der Waals surface area contributed by atoms with Gasteiger partial charge in [-0.3, -0.25) is 28.3 Å². The zero-order valence-electron chi connectivity index (χ0n) is 34.0. The number of carbonyl (C=O) groups excluding carboxylic acids is 4. The van der Waals surface area contributed by atoms with Crippen molar-refractivity contribution in [3.63, 3.8) is 0 Å². The fraction of sp³-hybridized carbons (Fsp3) is 0.222. The maximum absolute atomic E-state index is 14.2. The minimum atomic E-state index is -1.36. The highest BCUT2D eigenvalue weighted by atomic mass is 19.1. The van der Waals surface area contributed by atoms with Crippen molar-refractivity contribution >= 4 is 46.0 Å². The van der Waals surface area contributed by atoms with Crippen LogP contribution in [0.3, 0.4) is 0 Å². The molecule has 0 spiro atoms. The highest BCUT2D eigenvalue weighted by Crippen LogP contribution is 2.22. The van der Waals surface area contributed by atoms with Crippen LogP contribution >= 0.6 is 0 Å². The highest BCUT2D eigenvalue weighted by molar-refractivity contribution is 6.00. The van der Waals surface area contributed by atoms with Gasteiger partial charge in [-0.2, -0.15) is 0 Å². The Hall–Kier alpha value is -7.43. The fourth-order valence-corrected chi connectivity index (χ4v) is 7.01. The first kappa shape index (κ1) is 44.1. The Morgan fingerprint density at radius 1 is 0.565 bits per heavy atom. The number of benzene rings is 5. The van der Waals surface area contributed by atoms with Crippen LogP contribution in [0.15, 0.2) is 114 Å². The molecule has 1 aromatic heterocycles. The van der Waals surface area contributed by atoms with Gasteiger partial charge in [0.05, 0.1) is 25.3 Å². The molecule has 0 aliphatic carbocycles. The van der Waals surface area contributed by atoms with E-state index in [0.29, 0.717) is 35.0 Å². The SMILES string of the molecule is COc1ccc(N(C)C(=O)[C@H](Cc2cc(F)cc(F)c2)NC(=O)Cn2c(=O)n(CC(=O)N[C@@H](Cc3cc(F)cc(F)c3)C(=O)N(C)c3ccc(OC)cc3)c3ccccc32)cc1. The fourth-order valence-electron chi connectivity index (χ4n) is 7.01. The standard InChI is InChI=1S/C45H42F4N6O7/c1-52(33-9-13-35(61-3)14-10-33)43(58)37(21-27-17-29(46)23-30(47)18-27)50-41(56)25-54-39-7-5-6-8-40(39)55(45(54)60)26-42(57)51-38(22-28-19-31(48)24-32(49)20-28)44(59)53(2)34-11-15-36(62-4)16-12-34/h5-20,23-24,37-38H,21-22,25-26H2,1-4H3,(H,50,56)(H,51,57)/t37-,38-/m0/s1. The third kappa shape index (κ3) is 10.5. The lowest BCUT2D eigenvalue weighted by atomic mass is 10.0. The number of para-hydroxylation sites is 2. The number of hydrogen-bond donors (Lipinski definition) is 2. The molecule has 6 rings (SSSR count). The minimum absolute atomic E-state index is 0.0820. The first-order valence-corrected chi connectivity index (χ1v) is 19.1. The monoisotopic (exact) mass is 854 g/mol. The summed E-state index contributed by atoms with van der Waals surface area (Å²) in [4.78, 5) is 71.9. The van der Waals surface area contributed by atoms with Crippen molar-refractivity contribution in [1.82, 2.24) is 19.8 Å². The molecular formula is C45H42F4N6O7. The molecule has 5 aromatic carbocycles. The smallest absolute Gasteiger partial charge is 0.330 e. The van der Waals surface area contributed by atoms with Gasteiger partial charge < -0.3 is 29.9 Å². The summed E-state index contributed by atoms with van der Waals surface area (Å²) in [7, 11) is 5.89. The highest BCUT2D eigenvalue weighted by Gasteiger charge is 2.29. The number of imidazole rings is 1. The molecule has 0 saturated carbocycles. The zero-order valence-corrected chi connectivity index (χ0v) is 34.0. The van der Waals surface area contributed by atoms with E-state index in [1.807, 2.05) is 0 Å². The van der Waals surface area contributed by atoms with Gasteiger partial charge in [0, 0.05) is 50.4 Å². The molecule has 17 heteroatoms. The number of amides is 4. The summed E-state index contributed by atoms with van der Waals surface area (Å²) >= 11 is 0. The van der Waals surface area contributed by atoms with Crippen LogP contribution in [0.5, 0.6) is 11.5 Å². The van der Waals surface area contributed by atoms with Crippen LogP contribution in [0.25, 0.3) is 11.0 Å². The largest absolute Gasteiger partial charge is 0.497 e. The van der Waals surface area contributed by atoms with E-state index in [0.717, 1.165) is 33.4 Å². The molecule has 0 fully saturated rings. The van der Waals surface area contributed by atoms with E-state index in [9.17, 15) is 41.5 Å². The van der Waals surface area contributed by atoms with Gasteiger partial charge in [-0.25, -0.2) is 22.4 Å². The van der Waals surface area contributed by atoms with Crippen molar-refractivity contribution in [3.05, 3.63) is 154 Å². The van der Waals surface area contributed by atoms with Crippen molar-refractivity contribution in [2.45, 2.75) is 38.0 Å². The van der Waals surface area contributed by atoms with Crippen LogP contribution in [-0.4, -0.2) is 73.2 Å². The summed E-state index contributed by atoms with van der Waals surface area (Å²) in [5.74, 6) is -5.37. The molecule has 62 heavy (non-hydrogen) atoms. The maximum atomic E-state index is 14.2. The van der Waals surface area contributed by atoms with E-state index in [2.05, 4.69) is 10.6 Å². The number of nitrogens with one attached hydrogen (secondary N) is 2. The van der Waals surface area contributed by atoms with Gasteiger partial charge in [-0.1, -0.05) is 12.1 Å². The van der Waals surface area contributed by atoms with E-state index in [1.165, 1.54) is 38.1 Å². The Morgan fingerprint density at radius 3 is 1.23 bits per heavy atom. The number of likely N-dealkylation sites (N-methyl/N-ethyl adjacent to an activating group) is 2. The van der Waals surface area contributed by atoms with Gasteiger partial charge >= 0.3 is 5.69 Å². The van der Waals surface area contributed by atoms with E-state index in [-0.39, 0.29) is 35.0 Å². The number of halogens is 4. The van der Waals surface area contributed by atoms with Crippen LogP contribution < -0.4 is 35.6 Å². The van der Waals surface area contributed by atoms with Crippen LogP contribution in [-0.2, 0) is 45.1 Å². The number of fused-ring (bicyclic) bond motifs is 1. The van der Waals surface area contributed by atoms with E-state index in [4.69, 9.17) is 9.47 Å². The Balaban J connectivity index is 1.25. The van der Waals surface area contributed by atoms with Crippen molar-refractivity contribution < 1.29 is 46.2 Å². The number of hydrogen-bond acceptors (Lipinski definition) is 7. The number of carbonyl (C=O) groups is 4. The lowest BCUT2D eigenvalue weighted by Crippen LogP contribution is -2.50. The van der Waals surface area contributed by atoms with Crippen LogP contribution in [0.4, 0.5) is 28.9 Å². The second-order valence-electron chi connectivity index (χ2n) is 14.3. The predicted molar refractivity (Wildman–Crippen MR) is 223 cm³/mol. The molecule has 0 radical (unpaired) electrons. The van der Waals surface area contributed by atoms with Gasteiger partial charge in [-0.15, -0.1) is 0 Å². The number of rotatable bonds is 16. The molecule has 0 aliphatic rings. The predicted octanol–water partition coefficient (Wildman–Crippen LogP) is 5.16. The summed E-state index contributed by atoms with van der Waals surface area (Å²) in [6.45, 7) is -1.28. The number of anilines is 2. The van der Waals surface area contributed by atoms with Crippen LogP contribution in [0, 0.1) is 23.3 Å². The van der Waals surface area contributed by atoms with Crippen LogP contribution in [0.2, 0.25) is 0 Å². The molecule has 6 aromatic rings. The first-order chi connectivity index (χ1) is 29.6. The number of ether oxygens (including phenoxy) is 2. The molecule has 0 unspecified atom stereocenters. The second-order valence-corrected chi connectivity index (χ2v) is 14.3. The molecule has 0 saturated heterocycles. The summed E-state index contributed by atoms with van der Waals surface area (Å²) in [5.41, 5.74) is 0.709. The van der Waals surface area contributed by atoms with Crippen molar-refractivity contribution in [1.29, 1.82) is 0 Å². The second kappa shape index (κ2) is 19.3. The Morgan fingerprint density at radius 2 is 0.903 bits per heavy atom. The Kier molecular flexibility index (Phi) is 13.7. The molecule has 0 aliphatic heterocycles. The number of aromatic nitrogens is 2. The molecule has 2 atom stereocenters. The molecular weight excluding hydrogens is 813 g/mol. The van der Waals surface area contributed by atoms with Gasteiger partial charge in [-0.05, 0) is 96.1 Å². The normalized spacial score (nSPS) is 12.0. The van der Waals surface area contributed by atoms with Crippen molar-refractivity contribution in [3.8, 4) is 11.5 Å². The average Bonchev–Trinajstić information content (AvgIpc) is 3.50. The Labute approximate surface area is 353 Å². The number of nitrogens with zero attached hydrogens (tertiary/aromatic N) is 4. The molecule has 0 bridgehead atoms. The molecule has 13 nitrogen and oxygen atoms in total. The molecule has 4 amide bonds. The lowest BCUT2D eigenvalue weighted by molar-refractivity contribution is -0.128. The molecule has 1 heterocycles. The van der Waals surface area contributed by atoms with E-state index in [1.54, 1.807) is 72.8 Å². The van der Waals surface area contributed by atoms with Gasteiger partial charge in [0.25, 0.3) is 0 Å². The van der Waals surface area contributed by atoms with E-state index < -0.39 is 77.8 Å². The minimum Gasteiger partial charge on any atom is -0.497 e. The van der Waals surface area contributed by atoms with E-state index >= 15 is 0 Å². The molecule has 322 valence electrons. The summed E-state index contributed by atoms with van der Waals surface area (Å²) < 4.78 is 69.4. The van der Waals surface area contributed by atoms with Gasteiger partial charge in [0.2, 0.25) is 23.6 Å². The molecule has 2 N–H and O–H groups in total. The summed E-state index contributed by atoms with van der Waals surface area (Å²) in [5, 5.41) is 5.23.